The van der Waals surface area contributed by atoms with E-state index < -0.39 is 5.97 Å². The molecule has 21 heavy (non-hydrogen) atoms. The third kappa shape index (κ3) is 5.10. The lowest BCUT2D eigenvalue weighted by Crippen LogP contribution is -2.39. The average molecular weight is 290 g/mol. The molecule has 1 saturated heterocycles. The summed E-state index contributed by atoms with van der Waals surface area (Å²) in [5.41, 5.74) is 1.27. The first kappa shape index (κ1) is 15.4. The van der Waals surface area contributed by atoms with Gasteiger partial charge < -0.3 is 15.3 Å². The minimum atomic E-state index is -0.787. The van der Waals surface area contributed by atoms with Crippen molar-refractivity contribution in [2.24, 2.45) is 5.92 Å². The van der Waals surface area contributed by atoms with Crippen molar-refractivity contribution in [3.63, 3.8) is 0 Å². The molecule has 5 nitrogen and oxygen atoms in total. The lowest BCUT2D eigenvalue weighted by Gasteiger charge is -2.17. The van der Waals surface area contributed by atoms with E-state index in [0.717, 1.165) is 19.3 Å². The molecule has 1 aliphatic rings. The Labute approximate surface area is 125 Å². The predicted molar refractivity (Wildman–Crippen MR) is 80.1 cm³/mol. The minimum absolute atomic E-state index is 0.0732. The van der Waals surface area contributed by atoms with Crippen molar-refractivity contribution < 1.29 is 14.7 Å². The molecule has 2 N–H and O–H groups in total. The van der Waals surface area contributed by atoms with Gasteiger partial charge in [-0.2, -0.15) is 0 Å². The molecule has 1 aliphatic heterocycles. The predicted octanol–water partition coefficient (Wildman–Crippen LogP) is 2.13. The van der Waals surface area contributed by atoms with Crippen molar-refractivity contribution >= 4 is 12.0 Å². The lowest BCUT2D eigenvalue weighted by atomic mass is 10.1. The highest BCUT2D eigenvalue weighted by molar-refractivity contribution is 5.74. The van der Waals surface area contributed by atoms with Gasteiger partial charge >= 0.3 is 12.0 Å². The zero-order chi connectivity index (χ0) is 15.1. The van der Waals surface area contributed by atoms with Crippen LogP contribution in [0.1, 0.15) is 24.8 Å². The number of nitrogens with zero attached hydrogens (tertiary/aromatic N) is 1. The Morgan fingerprint density at radius 3 is 2.76 bits per heavy atom. The molecule has 0 saturated carbocycles. The van der Waals surface area contributed by atoms with E-state index in [1.165, 1.54) is 5.56 Å². The molecular weight excluding hydrogens is 268 g/mol. The number of likely N-dealkylation sites (tertiary alicyclic amines) is 1. The van der Waals surface area contributed by atoms with Gasteiger partial charge in [0.1, 0.15) is 0 Å². The highest BCUT2D eigenvalue weighted by Crippen LogP contribution is 2.19. The molecule has 0 aliphatic carbocycles. The number of carboxylic acids is 1. The molecule has 0 spiro atoms. The third-order valence-electron chi connectivity index (χ3n) is 3.80. The number of carbonyl (C=O) groups is 2. The van der Waals surface area contributed by atoms with Gasteiger partial charge in [-0.05, 0) is 30.7 Å². The fourth-order valence-corrected chi connectivity index (χ4v) is 2.67. The zero-order valence-electron chi connectivity index (χ0n) is 12.1. The Balaban J connectivity index is 1.63. The molecule has 0 radical (unpaired) electrons. The Morgan fingerprint density at radius 1 is 1.29 bits per heavy atom. The van der Waals surface area contributed by atoms with Gasteiger partial charge in [0.15, 0.2) is 0 Å². The maximum absolute atomic E-state index is 12.0. The molecule has 2 rings (SSSR count). The van der Waals surface area contributed by atoms with Crippen molar-refractivity contribution in [2.75, 3.05) is 19.6 Å². The van der Waals surface area contributed by atoms with Crippen LogP contribution in [0.15, 0.2) is 30.3 Å². The first-order valence-corrected chi connectivity index (χ1v) is 7.43. The van der Waals surface area contributed by atoms with Gasteiger partial charge in [-0.3, -0.25) is 4.79 Å². The Hall–Kier alpha value is -2.04. The number of benzene rings is 1. The van der Waals surface area contributed by atoms with Crippen molar-refractivity contribution in [2.45, 2.75) is 25.7 Å². The van der Waals surface area contributed by atoms with Crippen LogP contribution in [0.3, 0.4) is 0 Å². The van der Waals surface area contributed by atoms with Crippen LogP contribution in [0.5, 0.6) is 0 Å². The zero-order valence-corrected chi connectivity index (χ0v) is 12.1. The molecule has 5 heteroatoms. The number of urea groups is 1. The van der Waals surface area contributed by atoms with Crippen molar-refractivity contribution in [1.82, 2.24) is 10.2 Å². The van der Waals surface area contributed by atoms with E-state index in [0.29, 0.717) is 19.6 Å². The molecule has 0 bridgehead atoms. The highest BCUT2D eigenvalue weighted by atomic mass is 16.4. The van der Waals surface area contributed by atoms with Crippen LogP contribution < -0.4 is 5.32 Å². The van der Waals surface area contributed by atoms with Gasteiger partial charge in [0.2, 0.25) is 0 Å². The number of carboxylic acid groups (broad SMARTS) is 1. The fourth-order valence-electron chi connectivity index (χ4n) is 2.67. The third-order valence-corrected chi connectivity index (χ3v) is 3.80. The molecule has 1 unspecified atom stereocenters. The van der Waals surface area contributed by atoms with Crippen LogP contribution in [-0.4, -0.2) is 41.6 Å². The van der Waals surface area contributed by atoms with Crippen molar-refractivity contribution in [3.8, 4) is 0 Å². The minimum Gasteiger partial charge on any atom is -0.481 e. The summed E-state index contributed by atoms with van der Waals surface area (Å²) in [5.74, 6) is -0.692. The molecule has 2 amide bonds. The van der Waals surface area contributed by atoms with Gasteiger partial charge in [-0.1, -0.05) is 30.3 Å². The number of aliphatic carboxylic acids is 1. The van der Waals surface area contributed by atoms with Crippen molar-refractivity contribution in [1.29, 1.82) is 0 Å². The largest absolute Gasteiger partial charge is 0.481 e. The average Bonchev–Trinajstić information content (AvgIpc) is 2.92. The quantitative estimate of drug-likeness (QED) is 0.788. The van der Waals surface area contributed by atoms with Gasteiger partial charge in [0.05, 0.1) is 0 Å². The lowest BCUT2D eigenvalue weighted by molar-refractivity contribution is -0.138. The number of aryl methyl sites for hydroxylation is 1. The molecule has 1 heterocycles. The SMILES string of the molecule is O=C(O)CC1CCN(C(=O)NCCCc2ccccc2)C1. The second-order valence-electron chi connectivity index (χ2n) is 5.52. The van der Waals surface area contributed by atoms with Gasteiger partial charge in [0, 0.05) is 26.1 Å². The summed E-state index contributed by atoms with van der Waals surface area (Å²) in [6, 6.07) is 10.1. The molecule has 0 aromatic heterocycles. The highest BCUT2D eigenvalue weighted by Gasteiger charge is 2.27. The number of rotatable bonds is 6. The standard InChI is InChI=1S/C16H22N2O3/c19-15(20)11-14-8-10-18(12-14)16(21)17-9-4-7-13-5-2-1-3-6-13/h1-3,5-6,14H,4,7-12H2,(H,17,21)(H,19,20). The molecule has 114 valence electrons. The molecule has 1 aromatic rings. The summed E-state index contributed by atoms with van der Waals surface area (Å²) in [6.45, 7) is 1.85. The monoisotopic (exact) mass is 290 g/mol. The molecular formula is C16H22N2O3. The van der Waals surface area contributed by atoms with Crippen LogP contribution in [0, 0.1) is 5.92 Å². The van der Waals surface area contributed by atoms with E-state index in [-0.39, 0.29) is 18.4 Å². The van der Waals surface area contributed by atoms with E-state index in [9.17, 15) is 9.59 Å². The molecule has 1 atom stereocenters. The Kier molecular flexibility index (Phi) is 5.60. The Bertz CT molecular complexity index is 476. The maximum Gasteiger partial charge on any atom is 0.317 e. The van der Waals surface area contributed by atoms with E-state index in [1.807, 2.05) is 18.2 Å². The number of hydrogen-bond donors (Lipinski definition) is 2. The van der Waals surface area contributed by atoms with E-state index >= 15 is 0 Å². The summed E-state index contributed by atoms with van der Waals surface area (Å²) in [6.07, 6.45) is 2.78. The molecule has 1 aromatic carbocycles. The summed E-state index contributed by atoms with van der Waals surface area (Å²) in [4.78, 5) is 24.3. The number of hydrogen-bond acceptors (Lipinski definition) is 2. The normalized spacial score (nSPS) is 17.7. The summed E-state index contributed by atoms with van der Waals surface area (Å²) < 4.78 is 0. The second kappa shape index (κ2) is 7.67. The smallest absolute Gasteiger partial charge is 0.317 e. The van der Waals surface area contributed by atoms with Crippen molar-refractivity contribution in [3.05, 3.63) is 35.9 Å². The summed E-state index contributed by atoms with van der Waals surface area (Å²) in [5, 5.41) is 11.7. The van der Waals surface area contributed by atoms with Crippen LogP contribution in [0.4, 0.5) is 4.79 Å². The Morgan fingerprint density at radius 2 is 2.05 bits per heavy atom. The van der Waals surface area contributed by atoms with Crippen LogP contribution in [-0.2, 0) is 11.2 Å². The maximum atomic E-state index is 12.0. The van der Waals surface area contributed by atoms with Crippen LogP contribution in [0.25, 0.3) is 0 Å². The van der Waals surface area contributed by atoms with Gasteiger partial charge in [-0.15, -0.1) is 0 Å². The topological polar surface area (TPSA) is 69.6 Å². The second-order valence-corrected chi connectivity index (χ2v) is 5.52. The number of amides is 2. The summed E-state index contributed by atoms with van der Waals surface area (Å²) >= 11 is 0. The van der Waals surface area contributed by atoms with Gasteiger partial charge in [-0.25, -0.2) is 4.79 Å². The van der Waals surface area contributed by atoms with E-state index in [4.69, 9.17) is 5.11 Å². The number of carbonyl (C=O) groups excluding carboxylic acids is 1. The number of nitrogens with one attached hydrogen (secondary N) is 1. The fraction of sp³-hybridized carbons (Fsp3) is 0.500. The van der Waals surface area contributed by atoms with Gasteiger partial charge in [0.25, 0.3) is 0 Å². The van der Waals surface area contributed by atoms with E-state index in [2.05, 4.69) is 17.4 Å². The van der Waals surface area contributed by atoms with Crippen LogP contribution in [0.2, 0.25) is 0 Å². The first-order valence-electron chi connectivity index (χ1n) is 7.43. The molecule has 1 fully saturated rings. The summed E-state index contributed by atoms with van der Waals surface area (Å²) in [7, 11) is 0. The van der Waals surface area contributed by atoms with E-state index in [1.54, 1.807) is 4.90 Å². The first-order chi connectivity index (χ1) is 10.1. The van der Waals surface area contributed by atoms with Crippen LogP contribution >= 0.6 is 0 Å².